The summed E-state index contributed by atoms with van der Waals surface area (Å²) < 4.78 is 18.1. The lowest BCUT2D eigenvalue weighted by atomic mass is 10.1. The summed E-state index contributed by atoms with van der Waals surface area (Å²) in [5, 5.41) is 13.4. The number of nitro groups is 1. The van der Waals surface area contributed by atoms with Gasteiger partial charge in [0.2, 0.25) is 0 Å². The first-order valence-electron chi connectivity index (χ1n) is 6.39. The molecule has 0 atom stereocenters. The fourth-order valence-corrected chi connectivity index (χ4v) is 1.85. The fraction of sp³-hybridized carbons (Fsp3) is 0.133. The van der Waals surface area contributed by atoms with Crippen molar-refractivity contribution in [1.82, 2.24) is 0 Å². The molecule has 2 aromatic rings. The largest absolute Gasteiger partial charge is 0.484 e. The van der Waals surface area contributed by atoms with Crippen LogP contribution in [0.25, 0.3) is 0 Å². The fourth-order valence-electron chi connectivity index (χ4n) is 1.85. The summed E-state index contributed by atoms with van der Waals surface area (Å²) in [4.78, 5) is 22.1. The molecule has 2 rings (SSSR count). The van der Waals surface area contributed by atoms with Crippen molar-refractivity contribution < 1.29 is 18.8 Å². The molecule has 0 saturated heterocycles. The van der Waals surface area contributed by atoms with E-state index in [2.05, 4.69) is 5.32 Å². The third-order valence-corrected chi connectivity index (χ3v) is 2.94. The van der Waals surface area contributed by atoms with E-state index in [0.717, 1.165) is 6.07 Å². The lowest BCUT2D eigenvalue weighted by Gasteiger charge is -2.09. The molecular weight excluding hydrogens is 291 g/mol. The number of anilines is 1. The minimum atomic E-state index is -0.520. The maximum atomic E-state index is 13.0. The first-order valence-corrected chi connectivity index (χ1v) is 6.39. The smallest absolute Gasteiger partial charge is 0.274 e. The maximum Gasteiger partial charge on any atom is 0.274 e. The van der Waals surface area contributed by atoms with Gasteiger partial charge in [-0.3, -0.25) is 14.9 Å². The van der Waals surface area contributed by atoms with E-state index in [9.17, 15) is 19.3 Å². The molecule has 0 aliphatic heterocycles. The zero-order valence-corrected chi connectivity index (χ0v) is 11.7. The Labute approximate surface area is 125 Å². The van der Waals surface area contributed by atoms with Gasteiger partial charge in [-0.25, -0.2) is 4.39 Å². The van der Waals surface area contributed by atoms with E-state index < -0.39 is 16.6 Å². The quantitative estimate of drug-likeness (QED) is 0.680. The van der Waals surface area contributed by atoms with E-state index in [1.807, 2.05) is 0 Å². The minimum absolute atomic E-state index is 0.0798. The lowest BCUT2D eigenvalue weighted by molar-refractivity contribution is -0.385. The van der Waals surface area contributed by atoms with Crippen LogP contribution in [0, 0.1) is 22.9 Å². The highest BCUT2D eigenvalue weighted by Gasteiger charge is 2.14. The highest BCUT2D eigenvalue weighted by atomic mass is 19.1. The number of ether oxygens (including phenoxy) is 1. The predicted molar refractivity (Wildman–Crippen MR) is 78.4 cm³/mol. The van der Waals surface area contributed by atoms with Crippen molar-refractivity contribution in [2.75, 3.05) is 11.9 Å². The molecule has 0 unspecified atom stereocenters. The van der Waals surface area contributed by atoms with Crippen LogP contribution in [0.15, 0.2) is 42.5 Å². The minimum Gasteiger partial charge on any atom is -0.484 e. The number of benzene rings is 2. The molecule has 0 aliphatic rings. The number of carbonyl (C=O) groups excluding carboxylic acids is 1. The monoisotopic (exact) mass is 304 g/mol. The third-order valence-electron chi connectivity index (χ3n) is 2.94. The van der Waals surface area contributed by atoms with Crippen molar-refractivity contribution in [3.05, 3.63) is 64.0 Å². The van der Waals surface area contributed by atoms with Crippen molar-refractivity contribution in [2.45, 2.75) is 6.92 Å². The average molecular weight is 304 g/mol. The second-order valence-electron chi connectivity index (χ2n) is 4.50. The second-order valence-corrected chi connectivity index (χ2v) is 4.50. The third kappa shape index (κ3) is 3.78. The molecule has 2 aromatic carbocycles. The summed E-state index contributed by atoms with van der Waals surface area (Å²) >= 11 is 0. The van der Waals surface area contributed by atoms with Crippen molar-refractivity contribution in [3.63, 3.8) is 0 Å². The van der Waals surface area contributed by atoms with Gasteiger partial charge in [0.15, 0.2) is 6.61 Å². The Morgan fingerprint density at radius 3 is 2.73 bits per heavy atom. The number of carbonyl (C=O) groups is 1. The van der Waals surface area contributed by atoms with Crippen LogP contribution >= 0.6 is 0 Å². The summed E-state index contributed by atoms with van der Waals surface area (Å²) in [5.74, 6) is -0.730. The zero-order chi connectivity index (χ0) is 16.1. The van der Waals surface area contributed by atoms with Crippen LogP contribution in [0.4, 0.5) is 15.8 Å². The van der Waals surface area contributed by atoms with Crippen LogP contribution < -0.4 is 10.1 Å². The zero-order valence-electron chi connectivity index (χ0n) is 11.7. The average Bonchev–Trinajstić information content (AvgIpc) is 2.47. The summed E-state index contributed by atoms with van der Waals surface area (Å²) in [5.41, 5.74) is 0.609. The summed E-state index contributed by atoms with van der Waals surface area (Å²) in [6, 6.07) is 9.80. The van der Waals surface area contributed by atoms with Gasteiger partial charge >= 0.3 is 0 Å². The van der Waals surface area contributed by atoms with Crippen LogP contribution in [-0.2, 0) is 4.79 Å². The predicted octanol–water partition coefficient (Wildman–Crippen LogP) is 3.06. The highest BCUT2D eigenvalue weighted by molar-refractivity contribution is 5.93. The summed E-state index contributed by atoms with van der Waals surface area (Å²) in [6.45, 7) is 1.22. The van der Waals surface area contributed by atoms with Gasteiger partial charge in [0.1, 0.15) is 11.6 Å². The summed E-state index contributed by atoms with van der Waals surface area (Å²) in [7, 11) is 0. The number of nitro benzene ring substituents is 1. The number of halogens is 1. The molecule has 1 amide bonds. The van der Waals surface area contributed by atoms with Crippen molar-refractivity contribution in [1.29, 1.82) is 0 Å². The molecule has 0 fully saturated rings. The molecule has 114 valence electrons. The number of nitrogens with zero attached hydrogens (tertiary/aromatic N) is 1. The molecule has 0 heterocycles. The van der Waals surface area contributed by atoms with Crippen LogP contribution in [-0.4, -0.2) is 17.4 Å². The van der Waals surface area contributed by atoms with Gasteiger partial charge in [-0.15, -0.1) is 0 Å². The first kappa shape index (κ1) is 15.4. The molecule has 6 nitrogen and oxygen atoms in total. The first-order chi connectivity index (χ1) is 10.5. The highest BCUT2D eigenvalue weighted by Crippen LogP contribution is 2.24. The number of rotatable bonds is 5. The Morgan fingerprint density at radius 2 is 2.05 bits per heavy atom. The van der Waals surface area contributed by atoms with Gasteiger partial charge < -0.3 is 10.1 Å². The molecule has 22 heavy (non-hydrogen) atoms. The summed E-state index contributed by atoms with van der Waals surface area (Å²) in [6.07, 6.45) is 0. The molecule has 0 radical (unpaired) electrons. The Balaban J connectivity index is 2.01. The molecule has 0 saturated carbocycles. The maximum absolute atomic E-state index is 13.0. The second kappa shape index (κ2) is 6.66. The number of amides is 1. The van der Waals surface area contributed by atoms with Gasteiger partial charge in [0.25, 0.3) is 11.6 Å². The Kier molecular flexibility index (Phi) is 4.67. The van der Waals surface area contributed by atoms with E-state index in [1.165, 1.54) is 30.3 Å². The molecule has 0 aliphatic carbocycles. The number of hydrogen-bond acceptors (Lipinski definition) is 4. The molecule has 0 spiro atoms. The van der Waals surface area contributed by atoms with Gasteiger partial charge in [0.05, 0.1) is 16.2 Å². The van der Waals surface area contributed by atoms with Gasteiger partial charge in [-0.1, -0.05) is 12.1 Å². The van der Waals surface area contributed by atoms with E-state index in [0.29, 0.717) is 11.3 Å². The van der Waals surface area contributed by atoms with Gasteiger partial charge in [0, 0.05) is 12.1 Å². The molecule has 1 N–H and O–H groups in total. The number of nitrogens with one attached hydrogen (secondary N) is 1. The Hall–Kier alpha value is -2.96. The van der Waals surface area contributed by atoms with E-state index in [1.54, 1.807) is 13.0 Å². The van der Waals surface area contributed by atoms with E-state index in [-0.39, 0.29) is 18.0 Å². The standard InChI is InChI=1S/C15H13FN2O4/c1-10-13(6-3-7-14(10)18(20)21)17-15(19)9-22-12-5-2-4-11(16)8-12/h2-8H,9H2,1H3,(H,17,19). The van der Waals surface area contributed by atoms with Crippen molar-refractivity contribution in [3.8, 4) is 5.75 Å². The van der Waals surface area contributed by atoms with Crippen LogP contribution in [0.3, 0.4) is 0 Å². The van der Waals surface area contributed by atoms with Crippen LogP contribution in [0.5, 0.6) is 5.75 Å². The van der Waals surface area contributed by atoms with Crippen molar-refractivity contribution in [2.24, 2.45) is 0 Å². The van der Waals surface area contributed by atoms with Crippen molar-refractivity contribution >= 4 is 17.3 Å². The molecule has 0 aromatic heterocycles. The van der Waals surface area contributed by atoms with E-state index in [4.69, 9.17) is 4.74 Å². The van der Waals surface area contributed by atoms with Crippen LogP contribution in [0.2, 0.25) is 0 Å². The topological polar surface area (TPSA) is 81.5 Å². The number of hydrogen-bond donors (Lipinski definition) is 1. The normalized spacial score (nSPS) is 10.1. The van der Waals surface area contributed by atoms with E-state index >= 15 is 0 Å². The molecule has 7 heteroatoms. The van der Waals surface area contributed by atoms with Gasteiger partial charge in [-0.2, -0.15) is 0 Å². The molecular formula is C15H13FN2O4. The van der Waals surface area contributed by atoms with Gasteiger partial charge in [-0.05, 0) is 25.1 Å². The molecule has 0 bridgehead atoms. The Morgan fingerprint density at radius 1 is 1.32 bits per heavy atom. The van der Waals surface area contributed by atoms with Crippen LogP contribution in [0.1, 0.15) is 5.56 Å². The lowest BCUT2D eigenvalue weighted by Crippen LogP contribution is -2.20. The SMILES string of the molecule is Cc1c(NC(=O)COc2cccc(F)c2)cccc1[N+](=O)[O-]. The Bertz CT molecular complexity index is 718.